The molecule has 3 aromatic rings. The summed E-state index contributed by atoms with van der Waals surface area (Å²) >= 11 is 6.39. The first-order chi connectivity index (χ1) is 24.0. The molecule has 2 aromatic carbocycles. The number of benzene rings is 2. The largest absolute Gasteiger partial charge is 0.465 e. The molecule has 3 amide bonds. The number of amides is 3. The molecule has 1 aliphatic carbocycles. The van der Waals surface area contributed by atoms with Gasteiger partial charge in [0.25, 0.3) is 5.91 Å². The van der Waals surface area contributed by atoms with E-state index in [0.717, 1.165) is 18.4 Å². The SMILES string of the molecule is COC(=O)c1cc(C(COC(=O)NC2CC2)N2C(=O)[C@@](CC(C)(C)C)(c3ccc(-c4cnccn4)cc3)NC2=NC(=O)OC(C)(C)C)ccc1Cl. The maximum atomic E-state index is 15.3. The van der Waals surface area contributed by atoms with Gasteiger partial charge in [-0.25, -0.2) is 14.4 Å². The lowest BCUT2D eigenvalue weighted by molar-refractivity contribution is -0.134. The van der Waals surface area contributed by atoms with E-state index >= 15 is 4.79 Å². The van der Waals surface area contributed by atoms with Crippen LogP contribution in [-0.4, -0.2) is 70.2 Å². The topological polar surface area (TPSA) is 161 Å². The summed E-state index contributed by atoms with van der Waals surface area (Å²) in [4.78, 5) is 68.3. The van der Waals surface area contributed by atoms with Crippen LogP contribution in [0.1, 0.15) is 88.3 Å². The van der Waals surface area contributed by atoms with Crippen molar-refractivity contribution in [2.45, 2.75) is 84.0 Å². The number of methoxy groups -OCH3 is 1. The highest BCUT2D eigenvalue weighted by Crippen LogP contribution is 2.43. The van der Waals surface area contributed by atoms with Gasteiger partial charge in [0, 0.05) is 24.0 Å². The van der Waals surface area contributed by atoms with Gasteiger partial charge in [-0.1, -0.05) is 62.7 Å². The van der Waals surface area contributed by atoms with E-state index in [0.29, 0.717) is 16.8 Å². The number of carbonyl (C=O) groups excluding carboxylic acids is 4. The number of aliphatic imine (C=N–C) groups is 1. The van der Waals surface area contributed by atoms with Crippen LogP contribution >= 0.6 is 11.6 Å². The third-order valence-corrected chi connectivity index (χ3v) is 8.45. The molecule has 0 radical (unpaired) electrons. The first-order valence-electron chi connectivity index (χ1n) is 16.6. The van der Waals surface area contributed by atoms with E-state index in [4.69, 9.17) is 25.8 Å². The standard InChI is InChI=1S/C37H43ClN6O7/c1-35(2,3)21-37(24-11-8-22(9-12-24)28-19-39-16-17-40-28)31(46)44(32(43-37)42-34(48)51-36(4,5)6)29(20-50-33(47)41-25-13-14-25)23-10-15-27(38)26(18-23)30(45)49-7/h8-12,15-19,25,29H,13-14,20-21H2,1-7H3,(H,41,47)(H,42,43,48)/t29?,37-/m1/s1. The number of hydrogen-bond acceptors (Lipinski definition) is 9. The third kappa shape index (κ3) is 9.01. The van der Waals surface area contributed by atoms with E-state index in [-0.39, 0.29) is 35.6 Å². The Bertz CT molecular complexity index is 1820. The number of nitrogens with one attached hydrogen (secondary N) is 2. The highest BCUT2D eigenvalue weighted by molar-refractivity contribution is 6.33. The van der Waals surface area contributed by atoms with Crippen molar-refractivity contribution in [1.29, 1.82) is 0 Å². The van der Waals surface area contributed by atoms with Gasteiger partial charge in [0.05, 0.1) is 35.6 Å². The average Bonchev–Trinajstić information content (AvgIpc) is 3.84. The molecule has 2 fully saturated rings. The van der Waals surface area contributed by atoms with Crippen LogP contribution in [-0.2, 0) is 24.5 Å². The van der Waals surface area contributed by atoms with E-state index in [9.17, 15) is 14.4 Å². The van der Waals surface area contributed by atoms with Crippen LogP contribution in [0, 0.1) is 5.41 Å². The van der Waals surface area contributed by atoms with Gasteiger partial charge in [-0.2, -0.15) is 0 Å². The second-order valence-corrected chi connectivity index (χ2v) is 15.2. The molecule has 2 atom stereocenters. The number of rotatable bonds is 9. The van der Waals surface area contributed by atoms with Gasteiger partial charge in [-0.05, 0) is 68.7 Å². The van der Waals surface area contributed by atoms with Gasteiger partial charge in [0.15, 0.2) is 0 Å². The van der Waals surface area contributed by atoms with Crippen molar-refractivity contribution in [3.63, 3.8) is 0 Å². The number of nitrogens with zero attached hydrogens (tertiary/aromatic N) is 4. The summed E-state index contributed by atoms with van der Waals surface area (Å²) < 4.78 is 16.2. The van der Waals surface area contributed by atoms with Gasteiger partial charge in [-0.3, -0.25) is 19.7 Å². The monoisotopic (exact) mass is 718 g/mol. The lowest BCUT2D eigenvalue weighted by Crippen LogP contribution is -2.47. The Morgan fingerprint density at radius 2 is 1.78 bits per heavy atom. The minimum Gasteiger partial charge on any atom is -0.465 e. The molecule has 270 valence electrons. The van der Waals surface area contributed by atoms with Gasteiger partial charge in [0.2, 0.25) is 5.96 Å². The Kier molecular flexibility index (Phi) is 10.7. The number of halogens is 1. The molecule has 0 spiro atoms. The number of carbonyl (C=O) groups is 4. The molecule has 2 aliphatic rings. The molecule has 0 bridgehead atoms. The van der Waals surface area contributed by atoms with E-state index in [2.05, 4.69) is 25.6 Å². The Morgan fingerprint density at radius 1 is 1.08 bits per heavy atom. The van der Waals surface area contributed by atoms with E-state index in [1.165, 1.54) is 24.1 Å². The van der Waals surface area contributed by atoms with Crippen LogP contribution in [0.3, 0.4) is 0 Å². The molecule has 1 aromatic heterocycles. The van der Waals surface area contributed by atoms with E-state index < -0.39 is 46.7 Å². The van der Waals surface area contributed by atoms with Gasteiger partial charge in [-0.15, -0.1) is 4.99 Å². The Morgan fingerprint density at radius 3 is 2.37 bits per heavy atom. The highest BCUT2D eigenvalue weighted by Gasteiger charge is 2.55. The fourth-order valence-electron chi connectivity index (χ4n) is 5.86. The third-order valence-electron chi connectivity index (χ3n) is 8.12. The molecule has 14 heteroatoms. The fourth-order valence-corrected chi connectivity index (χ4v) is 6.06. The summed E-state index contributed by atoms with van der Waals surface area (Å²) in [6, 6.07) is 10.8. The van der Waals surface area contributed by atoms with Crippen LogP contribution in [0.4, 0.5) is 9.59 Å². The van der Waals surface area contributed by atoms with Crippen molar-refractivity contribution in [2.75, 3.05) is 13.7 Å². The number of hydrogen-bond donors (Lipinski definition) is 2. The second kappa shape index (κ2) is 14.7. The quantitative estimate of drug-likeness (QED) is 0.183. The van der Waals surface area contributed by atoms with Crippen molar-refractivity contribution in [1.82, 2.24) is 25.5 Å². The number of aromatic nitrogens is 2. The first kappa shape index (κ1) is 37.2. The maximum absolute atomic E-state index is 15.3. The predicted molar refractivity (Wildman–Crippen MR) is 190 cm³/mol. The van der Waals surface area contributed by atoms with Crippen molar-refractivity contribution in [3.8, 4) is 11.3 Å². The molecule has 13 nitrogen and oxygen atoms in total. The van der Waals surface area contributed by atoms with Crippen LogP contribution in [0.15, 0.2) is 66.0 Å². The van der Waals surface area contributed by atoms with Crippen molar-refractivity contribution >= 4 is 41.6 Å². The number of esters is 1. The summed E-state index contributed by atoms with van der Waals surface area (Å²) in [5.41, 5.74) is -0.342. The van der Waals surface area contributed by atoms with Crippen LogP contribution in [0.2, 0.25) is 5.02 Å². The predicted octanol–water partition coefficient (Wildman–Crippen LogP) is 6.57. The van der Waals surface area contributed by atoms with E-state index in [1.807, 2.05) is 45.0 Å². The zero-order valence-corrected chi connectivity index (χ0v) is 30.5. The zero-order valence-electron chi connectivity index (χ0n) is 29.8. The maximum Gasteiger partial charge on any atom is 0.437 e. The molecule has 2 N–H and O–H groups in total. The van der Waals surface area contributed by atoms with Crippen LogP contribution < -0.4 is 10.6 Å². The molecular weight excluding hydrogens is 676 g/mol. The molecule has 2 heterocycles. The number of alkyl carbamates (subject to hydrolysis) is 1. The summed E-state index contributed by atoms with van der Waals surface area (Å²) in [7, 11) is 1.23. The van der Waals surface area contributed by atoms with Crippen molar-refractivity contribution in [3.05, 3.63) is 82.8 Å². The van der Waals surface area contributed by atoms with Crippen LogP contribution in [0.5, 0.6) is 0 Å². The Labute approximate surface area is 302 Å². The van der Waals surface area contributed by atoms with Crippen LogP contribution in [0.25, 0.3) is 11.3 Å². The summed E-state index contributed by atoms with van der Waals surface area (Å²) in [5.74, 6) is -1.30. The molecular formula is C37H43ClN6O7. The minimum atomic E-state index is -1.45. The highest BCUT2D eigenvalue weighted by atomic mass is 35.5. The Hall–Kier alpha value is -5.04. The average molecular weight is 719 g/mol. The van der Waals surface area contributed by atoms with Crippen molar-refractivity contribution < 1.29 is 33.4 Å². The number of guanidine groups is 1. The van der Waals surface area contributed by atoms with E-state index in [1.54, 1.807) is 45.4 Å². The molecule has 1 saturated carbocycles. The molecule has 1 aliphatic heterocycles. The summed E-state index contributed by atoms with van der Waals surface area (Å²) in [6.45, 7) is 10.7. The Balaban J connectivity index is 1.67. The minimum absolute atomic E-state index is 0.0149. The molecule has 1 saturated heterocycles. The fraction of sp³-hybridized carbons (Fsp3) is 0.432. The lowest BCUT2D eigenvalue weighted by Gasteiger charge is -2.35. The molecule has 5 rings (SSSR count). The summed E-state index contributed by atoms with van der Waals surface area (Å²) in [5, 5.41) is 6.22. The van der Waals surface area contributed by atoms with Gasteiger partial charge < -0.3 is 24.8 Å². The molecule has 51 heavy (non-hydrogen) atoms. The van der Waals surface area contributed by atoms with Gasteiger partial charge in [0.1, 0.15) is 17.7 Å². The van der Waals surface area contributed by atoms with Gasteiger partial charge >= 0.3 is 18.2 Å². The smallest absolute Gasteiger partial charge is 0.437 e. The summed E-state index contributed by atoms with van der Waals surface area (Å²) in [6.07, 6.45) is 5.15. The number of ether oxygens (including phenoxy) is 3. The first-order valence-corrected chi connectivity index (χ1v) is 17.0. The second-order valence-electron chi connectivity index (χ2n) is 14.8. The lowest BCUT2D eigenvalue weighted by atomic mass is 9.75. The zero-order chi connectivity index (χ0) is 37.1. The van der Waals surface area contributed by atoms with Crippen molar-refractivity contribution in [2.24, 2.45) is 10.4 Å². The normalized spacial score (nSPS) is 18.9. The molecule has 1 unspecified atom stereocenters.